The Morgan fingerprint density at radius 1 is 0.525 bits per heavy atom. The van der Waals surface area contributed by atoms with E-state index in [9.17, 15) is 34.1 Å². The van der Waals surface area contributed by atoms with Crippen LogP contribution in [0, 0.1) is 0 Å². The van der Waals surface area contributed by atoms with Gasteiger partial charge in [-0.15, -0.1) is 0 Å². The van der Waals surface area contributed by atoms with E-state index in [0.29, 0.717) is 12.8 Å². The number of phosphoric ester groups is 1. The normalized spacial score (nSPS) is 13.7. The molecule has 0 spiro atoms. The van der Waals surface area contributed by atoms with Gasteiger partial charge in [0.25, 0.3) is 0 Å². The van der Waals surface area contributed by atoms with Gasteiger partial charge in [-0.1, -0.05) is 199 Å². The number of unbranched alkanes of at least 4 members (excludes halogenated alkanes) is 30. The molecule has 348 valence electrons. The van der Waals surface area contributed by atoms with Crippen molar-refractivity contribution < 1.29 is 47.8 Å². The van der Waals surface area contributed by atoms with E-state index in [-0.39, 0.29) is 12.8 Å². The molecule has 0 radical (unpaired) electrons. The average Bonchev–Trinajstić information content (AvgIpc) is 3.21. The van der Waals surface area contributed by atoms with Gasteiger partial charge in [-0.2, -0.15) is 0 Å². The number of carbonyl (C=O) groups excluding carboxylic acids is 2. The molecule has 0 aromatic rings. The number of aliphatic hydroxyl groups excluding tert-OH is 1. The summed E-state index contributed by atoms with van der Waals surface area (Å²) in [4.78, 5) is 45.9. The van der Waals surface area contributed by atoms with Gasteiger partial charge in [-0.3, -0.25) is 18.6 Å². The van der Waals surface area contributed by atoms with Gasteiger partial charge in [-0.25, -0.2) is 9.36 Å². The maximum absolute atomic E-state index is 12.3. The number of rotatable bonds is 46. The van der Waals surface area contributed by atoms with Crippen molar-refractivity contribution in [3.05, 3.63) is 12.2 Å². The number of phosphoric acid groups is 1. The third-order valence-corrected chi connectivity index (χ3v) is 11.8. The van der Waals surface area contributed by atoms with E-state index in [0.717, 1.165) is 57.8 Å². The second-order valence-electron chi connectivity index (χ2n) is 16.7. The molecule has 11 nitrogen and oxygen atoms in total. The smallest absolute Gasteiger partial charge is 0.472 e. The number of carbonyl (C=O) groups is 3. The molecule has 0 aromatic carbocycles. The van der Waals surface area contributed by atoms with Crippen LogP contribution in [0.15, 0.2) is 12.2 Å². The van der Waals surface area contributed by atoms with Crippen LogP contribution in [0.2, 0.25) is 0 Å². The van der Waals surface area contributed by atoms with Crippen molar-refractivity contribution in [1.82, 2.24) is 5.32 Å². The van der Waals surface area contributed by atoms with Crippen molar-refractivity contribution in [1.29, 1.82) is 0 Å². The molecule has 0 rings (SSSR count). The Morgan fingerprint density at radius 2 is 0.881 bits per heavy atom. The zero-order chi connectivity index (χ0) is 43.5. The Hall–Kier alpha value is -1.78. The van der Waals surface area contributed by atoms with E-state index < -0.39 is 57.6 Å². The summed E-state index contributed by atoms with van der Waals surface area (Å²) in [5.74, 6) is -2.37. The highest BCUT2D eigenvalue weighted by atomic mass is 31.2. The number of aliphatic carboxylic acids is 1. The summed E-state index contributed by atoms with van der Waals surface area (Å²) in [7, 11) is -4.75. The number of aliphatic hydroxyl groups is 1. The zero-order valence-corrected chi connectivity index (χ0v) is 38.7. The van der Waals surface area contributed by atoms with Crippen molar-refractivity contribution in [2.24, 2.45) is 0 Å². The predicted molar refractivity (Wildman–Crippen MR) is 240 cm³/mol. The van der Waals surface area contributed by atoms with Crippen LogP contribution in [0.4, 0.5) is 0 Å². The first-order chi connectivity index (χ1) is 28.6. The highest BCUT2D eigenvalue weighted by molar-refractivity contribution is 7.47. The summed E-state index contributed by atoms with van der Waals surface area (Å²) in [5, 5.41) is 21.8. The monoisotopic (exact) mass is 860 g/mol. The van der Waals surface area contributed by atoms with Crippen molar-refractivity contribution in [2.45, 2.75) is 251 Å². The second-order valence-corrected chi connectivity index (χ2v) is 18.1. The number of carboxylic acid groups (broad SMARTS) is 1. The Bertz CT molecular complexity index is 1060. The van der Waals surface area contributed by atoms with E-state index in [1.807, 2.05) is 0 Å². The number of hydrogen-bond donors (Lipinski definition) is 4. The minimum atomic E-state index is -4.75. The molecule has 0 heterocycles. The maximum Gasteiger partial charge on any atom is 0.472 e. The van der Waals surface area contributed by atoms with Crippen molar-refractivity contribution in [3.63, 3.8) is 0 Å². The molecular formula is C47H90NO10P. The van der Waals surface area contributed by atoms with Crippen LogP contribution >= 0.6 is 7.82 Å². The van der Waals surface area contributed by atoms with Gasteiger partial charge < -0.3 is 25.2 Å². The summed E-state index contributed by atoms with van der Waals surface area (Å²) in [6.07, 6.45) is 43.9. The lowest BCUT2D eigenvalue weighted by Crippen LogP contribution is -2.43. The highest BCUT2D eigenvalue weighted by Crippen LogP contribution is 2.43. The van der Waals surface area contributed by atoms with Gasteiger partial charge in [-0.05, 0) is 38.5 Å². The minimum absolute atomic E-state index is 0.138. The average molecular weight is 860 g/mol. The molecule has 3 atom stereocenters. The topological polar surface area (TPSA) is 169 Å². The Labute approximate surface area is 360 Å². The van der Waals surface area contributed by atoms with Crippen LogP contribution in [0.25, 0.3) is 0 Å². The molecule has 0 aliphatic heterocycles. The first-order valence-corrected chi connectivity index (χ1v) is 25.7. The molecule has 3 unspecified atom stereocenters. The van der Waals surface area contributed by atoms with Crippen LogP contribution in [-0.2, 0) is 32.7 Å². The standard InChI is InChI=1S/C47H90NO10P/c1-3-5-7-9-11-13-15-17-18-19-20-21-22-23-24-25-27-29-31-33-35-37-39-46(51)56-40-43(49)41-57-59(54,55)58-42-44(47(52)53)48-45(50)38-36-34-32-30-28-26-16-14-12-10-8-6-4-2/h14,16,43-44,49H,3-13,15,17-42H2,1-2H3,(H,48,50)(H,52,53)(H,54,55)/b16-14-. The van der Waals surface area contributed by atoms with Crippen molar-refractivity contribution in [3.8, 4) is 0 Å². The predicted octanol–water partition coefficient (Wildman–Crippen LogP) is 12.8. The fourth-order valence-electron chi connectivity index (χ4n) is 7.02. The van der Waals surface area contributed by atoms with Gasteiger partial charge in [0, 0.05) is 12.8 Å². The number of amides is 1. The fourth-order valence-corrected chi connectivity index (χ4v) is 7.79. The van der Waals surface area contributed by atoms with Gasteiger partial charge in [0.2, 0.25) is 5.91 Å². The number of hydrogen-bond acceptors (Lipinski definition) is 8. The van der Waals surface area contributed by atoms with Gasteiger partial charge in [0.1, 0.15) is 12.7 Å². The molecule has 0 aromatic heterocycles. The first kappa shape index (κ1) is 57.2. The maximum atomic E-state index is 12.3. The molecule has 0 aliphatic rings. The molecule has 0 fully saturated rings. The van der Waals surface area contributed by atoms with Crippen LogP contribution in [0.5, 0.6) is 0 Å². The SMILES string of the molecule is CCCCCC/C=C\CCCCCCCC(=O)NC(COP(=O)(O)OCC(O)COC(=O)CCCCCCCCCCCCCCCCCCCCCCCC)C(=O)O. The number of allylic oxidation sites excluding steroid dienone is 2. The van der Waals surface area contributed by atoms with Gasteiger partial charge in [0.05, 0.1) is 13.2 Å². The van der Waals surface area contributed by atoms with E-state index in [4.69, 9.17) is 13.8 Å². The van der Waals surface area contributed by atoms with Crippen molar-refractivity contribution in [2.75, 3.05) is 19.8 Å². The van der Waals surface area contributed by atoms with E-state index in [1.54, 1.807) is 0 Å². The Kier molecular flexibility index (Phi) is 41.6. The molecule has 1 amide bonds. The largest absolute Gasteiger partial charge is 0.480 e. The fraction of sp³-hybridized carbons (Fsp3) is 0.894. The minimum Gasteiger partial charge on any atom is -0.480 e. The zero-order valence-electron chi connectivity index (χ0n) is 37.8. The van der Waals surface area contributed by atoms with Crippen LogP contribution in [0.3, 0.4) is 0 Å². The lowest BCUT2D eigenvalue weighted by molar-refractivity contribution is -0.147. The van der Waals surface area contributed by atoms with Crippen LogP contribution < -0.4 is 5.32 Å². The summed E-state index contributed by atoms with van der Waals surface area (Å²) >= 11 is 0. The lowest BCUT2D eigenvalue weighted by Gasteiger charge is -2.18. The summed E-state index contributed by atoms with van der Waals surface area (Å²) in [6, 6.07) is -1.55. The number of esters is 1. The number of nitrogens with one attached hydrogen (secondary N) is 1. The Morgan fingerprint density at radius 3 is 1.31 bits per heavy atom. The van der Waals surface area contributed by atoms with Crippen molar-refractivity contribution >= 4 is 25.7 Å². The number of carboxylic acids is 1. The van der Waals surface area contributed by atoms with Gasteiger partial charge >= 0.3 is 19.8 Å². The molecule has 59 heavy (non-hydrogen) atoms. The van der Waals surface area contributed by atoms with Gasteiger partial charge in [0.15, 0.2) is 6.04 Å². The lowest BCUT2D eigenvalue weighted by atomic mass is 10.0. The summed E-state index contributed by atoms with van der Waals surface area (Å²) in [5.41, 5.74) is 0. The molecule has 0 saturated carbocycles. The molecule has 4 N–H and O–H groups in total. The van der Waals surface area contributed by atoms with Crippen LogP contribution in [-0.4, -0.2) is 64.9 Å². The first-order valence-electron chi connectivity index (χ1n) is 24.2. The van der Waals surface area contributed by atoms with E-state index in [1.165, 1.54) is 141 Å². The van der Waals surface area contributed by atoms with E-state index >= 15 is 0 Å². The molecule has 0 aliphatic carbocycles. The molecule has 12 heteroatoms. The Balaban J connectivity index is 3.78. The molecule has 0 saturated heterocycles. The molecular weight excluding hydrogens is 769 g/mol. The molecule has 0 bridgehead atoms. The third-order valence-electron chi connectivity index (χ3n) is 10.8. The van der Waals surface area contributed by atoms with E-state index in [2.05, 4.69) is 31.3 Å². The quantitative estimate of drug-likeness (QED) is 0.0200. The summed E-state index contributed by atoms with van der Waals surface area (Å²) < 4.78 is 26.9. The number of ether oxygens (including phenoxy) is 1. The summed E-state index contributed by atoms with van der Waals surface area (Å²) in [6.45, 7) is 2.60. The van der Waals surface area contributed by atoms with Crippen LogP contribution in [0.1, 0.15) is 239 Å². The highest BCUT2D eigenvalue weighted by Gasteiger charge is 2.28. The third kappa shape index (κ3) is 42.7. The second kappa shape index (κ2) is 42.9.